The monoisotopic (exact) mass is 178 g/mol. The molecular formula is C8H18O2S. The SMILES string of the molecule is CCCOCCSC(C)CO. The summed E-state index contributed by atoms with van der Waals surface area (Å²) < 4.78 is 5.28. The van der Waals surface area contributed by atoms with Crippen molar-refractivity contribution in [2.24, 2.45) is 0 Å². The molecule has 0 aliphatic heterocycles. The lowest BCUT2D eigenvalue weighted by Crippen LogP contribution is -2.06. The van der Waals surface area contributed by atoms with Gasteiger partial charge in [0.1, 0.15) is 0 Å². The topological polar surface area (TPSA) is 29.5 Å². The Morgan fingerprint density at radius 1 is 1.45 bits per heavy atom. The third kappa shape index (κ3) is 8.17. The highest BCUT2D eigenvalue weighted by molar-refractivity contribution is 7.99. The highest BCUT2D eigenvalue weighted by Crippen LogP contribution is 2.08. The molecule has 0 saturated carbocycles. The zero-order valence-corrected chi connectivity index (χ0v) is 8.19. The van der Waals surface area contributed by atoms with Crippen LogP contribution in [0.3, 0.4) is 0 Å². The van der Waals surface area contributed by atoms with Gasteiger partial charge in [-0.2, -0.15) is 11.8 Å². The summed E-state index contributed by atoms with van der Waals surface area (Å²) >= 11 is 1.75. The first-order valence-corrected chi connectivity index (χ1v) is 5.16. The van der Waals surface area contributed by atoms with Crippen LogP contribution in [0.15, 0.2) is 0 Å². The zero-order chi connectivity index (χ0) is 8.53. The molecule has 0 aliphatic rings. The van der Waals surface area contributed by atoms with E-state index in [2.05, 4.69) is 6.92 Å². The van der Waals surface area contributed by atoms with E-state index in [4.69, 9.17) is 9.84 Å². The maximum Gasteiger partial charge on any atom is 0.0556 e. The minimum absolute atomic E-state index is 0.262. The molecule has 68 valence electrons. The normalized spacial score (nSPS) is 13.4. The highest BCUT2D eigenvalue weighted by atomic mass is 32.2. The smallest absolute Gasteiger partial charge is 0.0556 e. The summed E-state index contributed by atoms with van der Waals surface area (Å²) in [5, 5.41) is 9.02. The largest absolute Gasteiger partial charge is 0.395 e. The summed E-state index contributed by atoms with van der Waals surface area (Å²) in [6.45, 7) is 6.04. The van der Waals surface area contributed by atoms with Crippen LogP contribution in [0.2, 0.25) is 0 Å². The van der Waals surface area contributed by atoms with Gasteiger partial charge in [0.05, 0.1) is 13.2 Å². The Labute approximate surface area is 73.3 Å². The lowest BCUT2D eigenvalue weighted by Gasteiger charge is -2.06. The van der Waals surface area contributed by atoms with Crippen LogP contribution in [0.25, 0.3) is 0 Å². The lowest BCUT2D eigenvalue weighted by atomic mass is 10.5. The van der Waals surface area contributed by atoms with Gasteiger partial charge in [-0.1, -0.05) is 13.8 Å². The summed E-state index contributed by atoms with van der Waals surface area (Å²) in [4.78, 5) is 0. The van der Waals surface area contributed by atoms with Crippen molar-refractivity contribution in [2.45, 2.75) is 25.5 Å². The van der Waals surface area contributed by atoms with Gasteiger partial charge >= 0.3 is 0 Å². The van der Waals surface area contributed by atoms with E-state index in [1.165, 1.54) is 0 Å². The Morgan fingerprint density at radius 2 is 2.18 bits per heavy atom. The first kappa shape index (κ1) is 11.3. The van der Waals surface area contributed by atoms with Crippen molar-refractivity contribution in [3.63, 3.8) is 0 Å². The fourth-order valence-corrected chi connectivity index (χ4v) is 1.33. The number of ether oxygens (including phenoxy) is 1. The molecule has 1 atom stereocenters. The predicted octanol–water partition coefficient (Wildman–Crippen LogP) is 1.53. The fraction of sp³-hybridized carbons (Fsp3) is 1.00. The second-order valence-corrected chi connectivity index (χ2v) is 4.02. The van der Waals surface area contributed by atoms with Gasteiger partial charge in [0.2, 0.25) is 0 Å². The molecule has 0 radical (unpaired) electrons. The molecule has 1 N–H and O–H groups in total. The van der Waals surface area contributed by atoms with Crippen molar-refractivity contribution in [3.05, 3.63) is 0 Å². The lowest BCUT2D eigenvalue weighted by molar-refractivity contribution is 0.150. The van der Waals surface area contributed by atoms with E-state index >= 15 is 0 Å². The molecular weight excluding hydrogens is 160 g/mol. The van der Waals surface area contributed by atoms with Crippen molar-refractivity contribution in [3.8, 4) is 0 Å². The van der Waals surface area contributed by atoms with Gasteiger partial charge in [-0.15, -0.1) is 0 Å². The third-order valence-electron chi connectivity index (χ3n) is 1.24. The third-order valence-corrected chi connectivity index (χ3v) is 2.36. The first-order chi connectivity index (χ1) is 5.31. The summed E-state index contributed by atoms with van der Waals surface area (Å²) in [6, 6.07) is 0. The molecule has 11 heavy (non-hydrogen) atoms. The Bertz CT molecular complexity index is 78.5. The van der Waals surface area contributed by atoms with Gasteiger partial charge in [0, 0.05) is 17.6 Å². The highest BCUT2D eigenvalue weighted by Gasteiger charge is 1.98. The Kier molecular flexibility index (Phi) is 8.57. The van der Waals surface area contributed by atoms with Crippen LogP contribution in [0.5, 0.6) is 0 Å². The molecule has 0 heterocycles. The summed E-state index contributed by atoms with van der Waals surface area (Å²) in [7, 11) is 0. The van der Waals surface area contributed by atoms with Crippen LogP contribution in [0, 0.1) is 0 Å². The van der Waals surface area contributed by atoms with Crippen LogP contribution >= 0.6 is 11.8 Å². The van der Waals surface area contributed by atoms with Gasteiger partial charge in [-0.3, -0.25) is 0 Å². The zero-order valence-electron chi connectivity index (χ0n) is 7.38. The number of thioether (sulfide) groups is 1. The standard InChI is InChI=1S/C8H18O2S/c1-3-4-10-5-6-11-8(2)7-9/h8-9H,3-7H2,1-2H3. The quantitative estimate of drug-likeness (QED) is 0.599. The molecule has 0 bridgehead atoms. The molecule has 0 aromatic heterocycles. The van der Waals surface area contributed by atoms with Gasteiger partial charge in [0.25, 0.3) is 0 Å². The van der Waals surface area contributed by atoms with E-state index in [9.17, 15) is 0 Å². The molecule has 0 spiro atoms. The molecule has 3 heteroatoms. The summed E-state index contributed by atoms with van der Waals surface area (Å²) in [5.41, 5.74) is 0. The van der Waals surface area contributed by atoms with Crippen molar-refractivity contribution in [2.75, 3.05) is 25.6 Å². The second-order valence-electron chi connectivity index (χ2n) is 2.48. The molecule has 1 unspecified atom stereocenters. The molecule has 2 nitrogen and oxygen atoms in total. The molecule has 0 fully saturated rings. The maximum atomic E-state index is 8.68. The molecule has 0 amide bonds. The maximum absolute atomic E-state index is 8.68. The Morgan fingerprint density at radius 3 is 2.73 bits per heavy atom. The Balaban J connectivity index is 2.89. The molecule has 0 aliphatic carbocycles. The summed E-state index contributed by atoms with van der Waals surface area (Å²) in [5.74, 6) is 0.988. The minimum Gasteiger partial charge on any atom is -0.395 e. The predicted molar refractivity (Wildman–Crippen MR) is 50.1 cm³/mol. The van der Waals surface area contributed by atoms with Gasteiger partial charge in [-0.25, -0.2) is 0 Å². The van der Waals surface area contributed by atoms with Crippen molar-refractivity contribution >= 4 is 11.8 Å². The van der Waals surface area contributed by atoms with Crippen molar-refractivity contribution < 1.29 is 9.84 Å². The van der Waals surface area contributed by atoms with E-state index in [1.54, 1.807) is 11.8 Å². The van der Waals surface area contributed by atoms with E-state index in [-0.39, 0.29) is 6.61 Å². The van der Waals surface area contributed by atoms with Gasteiger partial charge in [0.15, 0.2) is 0 Å². The average molecular weight is 178 g/mol. The van der Waals surface area contributed by atoms with E-state index in [1.807, 2.05) is 6.92 Å². The fourth-order valence-electron chi connectivity index (χ4n) is 0.607. The summed E-state index contributed by atoms with van der Waals surface area (Å²) in [6.07, 6.45) is 1.08. The first-order valence-electron chi connectivity index (χ1n) is 4.11. The molecule has 0 aromatic carbocycles. The van der Waals surface area contributed by atoms with Crippen LogP contribution in [-0.4, -0.2) is 35.9 Å². The van der Waals surface area contributed by atoms with Crippen LogP contribution in [0.1, 0.15) is 20.3 Å². The van der Waals surface area contributed by atoms with E-state index in [0.717, 1.165) is 25.4 Å². The molecule has 0 aromatic rings. The number of aliphatic hydroxyl groups excluding tert-OH is 1. The molecule has 0 saturated heterocycles. The minimum atomic E-state index is 0.262. The van der Waals surface area contributed by atoms with E-state index in [0.29, 0.717) is 5.25 Å². The number of hydrogen-bond acceptors (Lipinski definition) is 3. The van der Waals surface area contributed by atoms with Crippen LogP contribution in [-0.2, 0) is 4.74 Å². The second kappa shape index (κ2) is 8.37. The Hall–Kier alpha value is 0.270. The number of aliphatic hydroxyl groups is 1. The average Bonchev–Trinajstić information content (AvgIpc) is 2.04. The number of rotatable bonds is 7. The van der Waals surface area contributed by atoms with Crippen molar-refractivity contribution in [1.82, 2.24) is 0 Å². The van der Waals surface area contributed by atoms with Gasteiger partial charge in [-0.05, 0) is 6.42 Å². The van der Waals surface area contributed by atoms with Crippen LogP contribution < -0.4 is 0 Å². The van der Waals surface area contributed by atoms with Crippen molar-refractivity contribution in [1.29, 1.82) is 0 Å². The molecule has 0 rings (SSSR count). The number of hydrogen-bond donors (Lipinski definition) is 1. The van der Waals surface area contributed by atoms with Gasteiger partial charge < -0.3 is 9.84 Å². The van der Waals surface area contributed by atoms with Crippen LogP contribution in [0.4, 0.5) is 0 Å². The van der Waals surface area contributed by atoms with E-state index < -0.39 is 0 Å².